The molecule has 0 spiro atoms. The summed E-state index contributed by atoms with van der Waals surface area (Å²) in [4.78, 5) is 49.6. The molecule has 10 nitrogen and oxygen atoms in total. The van der Waals surface area contributed by atoms with Gasteiger partial charge in [0.1, 0.15) is 5.56 Å². The number of carbonyl (C=O) groups is 4. The highest BCUT2D eigenvalue weighted by Gasteiger charge is 2.35. The summed E-state index contributed by atoms with van der Waals surface area (Å²) in [6.45, 7) is 0. The second-order valence-corrected chi connectivity index (χ2v) is 7.75. The highest BCUT2D eigenvalue weighted by atomic mass is 16.4. The summed E-state index contributed by atoms with van der Waals surface area (Å²) in [6, 6.07) is 9.98. The molecule has 0 aliphatic heterocycles. The molecule has 168 valence electrons. The molecule has 0 fully saturated rings. The van der Waals surface area contributed by atoms with Crippen molar-refractivity contribution in [3.05, 3.63) is 58.7 Å². The highest BCUT2D eigenvalue weighted by Crippen LogP contribution is 2.51. The molecule has 0 aromatic heterocycles. The van der Waals surface area contributed by atoms with Crippen molar-refractivity contribution < 1.29 is 39.6 Å². The fourth-order valence-electron chi connectivity index (χ4n) is 4.93. The SMILES string of the molecule is NC(=O)c1c(C(=O)O)c2c(C(=O)O)c(O)c(O)c3c4cccc5cccc(c(c1C(N)=O)c23)c54. The predicted molar refractivity (Wildman–Crippen MR) is 122 cm³/mol. The van der Waals surface area contributed by atoms with Gasteiger partial charge in [0.25, 0.3) is 0 Å². The van der Waals surface area contributed by atoms with E-state index < -0.39 is 62.9 Å². The normalized spacial score (nSPS) is 11.5. The van der Waals surface area contributed by atoms with Crippen molar-refractivity contribution in [2.45, 2.75) is 0 Å². The van der Waals surface area contributed by atoms with Crippen molar-refractivity contribution in [3.8, 4) is 11.5 Å². The maximum absolute atomic E-state index is 12.7. The first-order chi connectivity index (χ1) is 16.1. The Kier molecular flexibility index (Phi) is 4.08. The summed E-state index contributed by atoms with van der Waals surface area (Å²) >= 11 is 0. The van der Waals surface area contributed by atoms with Crippen LogP contribution in [0.15, 0.2) is 36.4 Å². The van der Waals surface area contributed by atoms with Gasteiger partial charge >= 0.3 is 11.9 Å². The molecule has 5 aromatic rings. The fraction of sp³-hybridized carbons (Fsp3) is 0. The molecule has 0 aliphatic carbocycles. The first-order valence-corrected chi connectivity index (χ1v) is 9.78. The number of rotatable bonds is 4. The van der Waals surface area contributed by atoms with Crippen LogP contribution in [0.5, 0.6) is 11.5 Å². The van der Waals surface area contributed by atoms with Crippen LogP contribution in [0.4, 0.5) is 0 Å². The number of aromatic carboxylic acids is 2. The zero-order chi connectivity index (χ0) is 24.6. The summed E-state index contributed by atoms with van der Waals surface area (Å²) in [6.07, 6.45) is 0. The second-order valence-electron chi connectivity index (χ2n) is 7.75. The molecule has 10 heteroatoms. The molecule has 0 radical (unpaired) electrons. The molecule has 0 aliphatic rings. The number of aromatic hydroxyl groups is 2. The lowest BCUT2D eigenvalue weighted by Gasteiger charge is -2.22. The third kappa shape index (κ3) is 2.39. The van der Waals surface area contributed by atoms with Gasteiger partial charge in [0.05, 0.1) is 16.7 Å². The van der Waals surface area contributed by atoms with E-state index in [4.69, 9.17) is 11.5 Å². The van der Waals surface area contributed by atoms with Gasteiger partial charge in [0.15, 0.2) is 11.5 Å². The molecule has 34 heavy (non-hydrogen) atoms. The van der Waals surface area contributed by atoms with Crippen LogP contribution in [-0.2, 0) is 0 Å². The minimum absolute atomic E-state index is 0.0570. The number of carboxylic acids is 2. The molecule has 0 heterocycles. The van der Waals surface area contributed by atoms with Crippen LogP contribution >= 0.6 is 0 Å². The van der Waals surface area contributed by atoms with Crippen molar-refractivity contribution in [2.24, 2.45) is 11.5 Å². The molecule has 5 aromatic carbocycles. The zero-order valence-corrected chi connectivity index (χ0v) is 17.0. The van der Waals surface area contributed by atoms with Gasteiger partial charge < -0.3 is 31.9 Å². The molecule has 0 unspecified atom stereocenters. The number of phenolic OH excluding ortho intramolecular Hbond substituents is 1. The minimum Gasteiger partial charge on any atom is -0.504 e. The van der Waals surface area contributed by atoms with Gasteiger partial charge in [-0.3, -0.25) is 9.59 Å². The average molecular weight is 458 g/mol. The Hall–Kier alpha value is -5.12. The molecule has 5 rings (SSSR count). The lowest BCUT2D eigenvalue weighted by molar-refractivity contribution is 0.0692. The summed E-state index contributed by atoms with van der Waals surface area (Å²) in [5, 5.41) is 42.5. The Bertz CT molecular complexity index is 1780. The van der Waals surface area contributed by atoms with Crippen LogP contribution in [-0.4, -0.2) is 44.2 Å². The first kappa shape index (κ1) is 20.8. The molecular weight excluding hydrogens is 444 g/mol. The number of amides is 2. The van der Waals surface area contributed by atoms with E-state index in [-0.39, 0.29) is 16.2 Å². The molecule has 0 atom stereocenters. The number of carbonyl (C=O) groups excluding carboxylic acids is 2. The van der Waals surface area contributed by atoms with E-state index in [0.717, 1.165) is 0 Å². The summed E-state index contributed by atoms with van der Waals surface area (Å²) in [7, 11) is 0. The second kappa shape index (κ2) is 6.69. The van der Waals surface area contributed by atoms with Gasteiger partial charge in [-0.25, -0.2) is 9.59 Å². The lowest BCUT2D eigenvalue weighted by atomic mass is 9.80. The summed E-state index contributed by atoms with van der Waals surface area (Å²) < 4.78 is 0. The zero-order valence-electron chi connectivity index (χ0n) is 17.0. The number of carboxylic acid groups (broad SMARTS) is 2. The van der Waals surface area contributed by atoms with Crippen LogP contribution in [0.25, 0.3) is 43.1 Å². The van der Waals surface area contributed by atoms with E-state index in [9.17, 15) is 39.6 Å². The molecule has 0 bridgehead atoms. The Morgan fingerprint density at radius 1 is 0.559 bits per heavy atom. The third-order valence-corrected chi connectivity index (χ3v) is 6.06. The number of fused-ring (bicyclic) bond motifs is 2. The quantitative estimate of drug-likeness (QED) is 0.134. The van der Waals surface area contributed by atoms with E-state index in [1.165, 1.54) is 0 Å². The first-order valence-electron chi connectivity index (χ1n) is 9.78. The van der Waals surface area contributed by atoms with Gasteiger partial charge in [-0.2, -0.15) is 0 Å². The number of hydrogen-bond acceptors (Lipinski definition) is 6. The lowest BCUT2D eigenvalue weighted by Crippen LogP contribution is -2.25. The van der Waals surface area contributed by atoms with Crippen molar-refractivity contribution >= 4 is 66.8 Å². The van der Waals surface area contributed by atoms with E-state index >= 15 is 0 Å². The van der Waals surface area contributed by atoms with E-state index in [1.54, 1.807) is 36.4 Å². The van der Waals surface area contributed by atoms with Crippen molar-refractivity contribution in [2.75, 3.05) is 0 Å². The Morgan fingerprint density at radius 3 is 1.59 bits per heavy atom. The maximum atomic E-state index is 12.7. The van der Waals surface area contributed by atoms with Crippen LogP contribution in [0.3, 0.4) is 0 Å². The van der Waals surface area contributed by atoms with Gasteiger partial charge in [-0.1, -0.05) is 36.4 Å². The number of hydrogen-bond donors (Lipinski definition) is 6. The van der Waals surface area contributed by atoms with Gasteiger partial charge in [-0.05, 0) is 21.5 Å². The highest BCUT2D eigenvalue weighted by molar-refractivity contribution is 6.42. The van der Waals surface area contributed by atoms with E-state index in [0.29, 0.717) is 21.5 Å². The van der Waals surface area contributed by atoms with E-state index in [1.807, 2.05) is 0 Å². The Labute approximate surface area is 188 Å². The van der Waals surface area contributed by atoms with Crippen molar-refractivity contribution in [3.63, 3.8) is 0 Å². The molecule has 0 saturated carbocycles. The van der Waals surface area contributed by atoms with Gasteiger partial charge in [0.2, 0.25) is 11.8 Å². The van der Waals surface area contributed by atoms with Gasteiger partial charge in [-0.15, -0.1) is 0 Å². The maximum Gasteiger partial charge on any atom is 0.340 e. The Balaban J connectivity index is 2.40. The molecule has 8 N–H and O–H groups in total. The van der Waals surface area contributed by atoms with Crippen LogP contribution in [0, 0.1) is 0 Å². The number of primary amides is 2. The van der Waals surface area contributed by atoms with Crippen molar-refractivity contribution in [1.29, 1.82) is 0 Å². The predicted octanol–water partition coefficient (Wildman–Crippen LogP) is 2.74. The fourth-order valence-corrected chi connectivity index (χ4v) is 4.93. The van der Waals surface area contributed by atoms with Crippen LogP contribution in [0.2, 0.25) is 0 Å². The largest absolute Gasteiger partial charge is 0.504 e. The van der Waals surface area contributed by atoms with Crippen molar-refractivity contribution in [1.82, 2.24) is 0 Å². The minimum atomic E-state index is -1.78. The standard InChI is InChI=1S/C24H14N2O8/c25-21(29)15-11-8-5-1-3-7-4-2-6-9(10(7)8)12-13(11)14(17(23(31)32)16(15)22(26)30)18(24(33)34)20(28)19(12)27/h1-6,27-28H,(H2,25,29)(H2,26,30)(H,31,32)(H,33,34). The topological polar surface area (TPSA) is 201 Å². The molecule has 0 saturated heterocycles. The number of phenols is 2. The Morgan fingerprint density at radius 2 is 1.09 bits per heavy atom. The smallest absolute Gasteiger partial charge is 0.340 e. The third-order valence-electron chi connectivity index (χ3n) is 6.06. The average Bonchev–Trinajstić information content (AvgIpc) is 2.77. The summed E-state index contributed by atoms with van der Waals surface area (Å²) in [5.74, 6) is -7.99. The van der Waals surface area contributed by atoms with Crippen LogP contribution in [0.1, 0.15) is 41.4 Å². The number of benzene rings is 5. The monoisotopic (exact) mass is 458 g/mol. The number of nitrogens with two attached hydrogens (primary N) is 2. The molecule has 2 amide bonds. The van der Waals surface area contributed by atoms with Gasteiger partial charge in [0, 0.05) is 21.5 Å². The summed E-state index contributed by atoms with van der Waals surface area (Å²) in [5.41, 5.74) is 7.89. The van der Waals surface area contributed by atoms with Crippen LogP contribution < -0.4 is 11.5 Å². The molecular formula is C24H14N2O8. The van der Waals surface area contributed by atoms with E-state index in [2.05, 4.69) is 0 Å².